The molecule has 1 aliphatic rings. The molecule has 0 radical (unpaired) electrons. The lowest BCUT2D eigenvalue weighted by molar-refractivity contribution is -0.120. The molecule has 1 aromatic carbocycles. The lowest BCUT2D eigenvalue weighted by atomic mass is 9.85. The molecule has 202 valence electrons. The Morgan fingerprint density at radius 2 is 1.78 bits per heavy atom. The Bertz CT molecular complexity index is 1010. The van der Waals surface area contributed by atoms with Crippen LogP contribution in [0.15, 0.2) is 36.5 Å². The third kappa shape index (κ3) is 9.51. The van der Waals surface area contributed by atoms with Crippen LogP contribution < -0.4 is 0 Å². The first kappa shape index (κ1) is 29.3. The van der Waals surface area contributed by atoms with Gasteiger partial charge in [-0.3, -0.25) is 9.78 Å². The Kier molecular flexibility index (Phi) is 12.0. The number of aromatic nitrogens is 1. The molecular formula is C34H50N2O. The molecule has 0 saturated heterocycles. The number of pyridine rings is 1. The van der Waals surface area contributed by atoms with Crippen molar-refractivity contribution in [3.05, 3.63) is 64.5 Å². The summed E-state index contributed by atoms with van der Waals surface area (Å²) in [6.07, 6.45) is 17.0. The van der Waals surface area contributed by atoms with Gasteiger partial charge >= 0.3 is 0 Å². The molecule has 3 unspecified atom stereocenters. The Labute approximate surface area is 226 Å². The SMILES string of the molecule is CCCC(CCCCC(=O)CC1CCCC(Cc2ccnc(C)c2)CC1)C(=N)c1ccc(C)cc1CC. The van der Waals surface area contributed by atoms with Crippen LogP contribution in [-0.4, -0.2) is 16.5 Å². The molecule has 3 rings (SSSR count). The minimum absolute atomic E-state index is 0.302. The van der Waals surface area contributed by atoms with E-state index in [1.54, 1.807) is 0 Å². The maximum absolute atomic E-state index is 12.8. The third-order valence-corrected chi connectivity index (χ3v) is 8.45. The topological polar surface area (TPSA) is 53.8 Å². The molecule has 0 amide bonds. The van der Waals surface area contributed by atoms with Gasteiger partial charge in [-0.2, -0.15) is 0 Å². The van der Waals surface area contributed by atoms with E-state index in [4.69, 9.17) is 5.41 Å². The second-order valence-corrected chi connectivity index (χ2v) is 11.7. The van der Waals surface area contributed by atoms with E-state index in [1.807, 2.05) is 6.20 Å². The smallest absolute Gasteiger partial charge is 0.133 e. The van der Waals surface area contributed by atoms with E-state index in [0.29, 0.717) is 24.0 Å². The zero-order chi connectivity index (χ0) is 26.6. The van der Waals surface area contributed by atoms with Crippen LogP contribution in [0.5, 0.6) is 0 Å². The van der Waals surface area contributed by atoms with Crippen molar-refractivity contribution >= 4 is 11.5 Å². The highest BCUT2D eigenvalue weighted by atomic mass is 16.1. The van der Waals surface area contributed by atoms with E-state index in [2.05, 4.69) is 63.0 Å². The van der Waals surface area contributed by atoms with Crippen LogP contribution in [-0.2, 0) is 17.6 Å². The van der Waals surface area contributed by atoms with Gasteiger partial charge in [0.15, 0.2) is 0 Å². The molecule has 0 aliphatic heterocycles. The molecular weight excluding hydrogens is 452 g/mol. The van der Waals surface area contributed by atoms with Gasteiger partial charge in [0.05, 0.1) is 0 Å². The molecule has 1 saturated carbocycles. The molecule has 3 atom stereocenters. The highest BCUT2D eigenvalue weighted by Gasteiger charge is 2.22. The molecule has 1 aliphatic carbocycles. The molecule has 1 N–H and O–H groups in total. The van der Waals surface area contributed by atoms with Crippen molar-refractivity contribution in [2.24, 2.45) is 17.8 Å². The lowest BCUT2D eigenvalue weighted by Crippen LogP contribution is -2.17. The van der Waals surface area contributed by atoms with Gasteiger partial charge in [0.1, 0.15) is 5.78 Å². The van der Waals surface area contributed by atoms with Crippen LogP contribution in [0.4, 0.5) is 0 Å². The monoisotopic (exact) mass is 502 g/mol. The van der Waals surface area contributed by atoms with Gasteiger partial charge in [-0.05, 0) is 99.5 Å². The molecule has 0 spiro atoms. The summed E-state index contributed by atoms with van der Waals surface area (Å²) in [7, 11) is 0. The first-order valence-corrected chi connectivity index (χ1v) is 15.0. The van der Waals surface area contributed by atoms with Gasteiger partial charge in [0, 0.05) is 36.4 Å². The fourth-order valence-electron chi connectivity index (χ4n) is 6.34. The van der Waals surface area contributed by atoms with Crippen LogP contribution in [0.3, 0.4) is 0 Å². The summed E-state index contributed by atoms with van der Waals surface area (Å²) >= 11 is 0. The fourth-order valence-corrected chi connectivity index (χ4v) is 6.34. The summed E-state index contributed by atoms with van der Waals surface area (Å²) < 4.78 is 0. The normalized spacial score (nSPS) is 18.8. The predicted octanol–water partition coefficient (Wildman–Crippen LogP) is 9.00. The van der Waals surface area contributed by atoms with E-state index in [-0.39, 0.29) is 0 Å². The zero-order valence-electron chi connectivity index (χ0n) is 24.0. The number of benzene rings is 1. The van der Waals surface area contributed by atoms with Crippen LogP contribution in [0.2, 0.25) is 0 Å². The summed E-state index contributed by atoms with van der Waals surface area (Å²) in [6.45, 7) is 8.60. The van der Waals surface area contributed by atoms with E-state index in [9.17, 15) is 4.79 Å². The van der Waals surface area contributed by atoms with Crippen molar-refractivity contribution in [1.29, 1.82) is 5.41 Å². The quantitative estimate of drug-likeness (QED) is 0.159. The van der Waals surface area contributed by atoms with E-state index in [0.717, 1.165) is 74.3 Å². The first-order chi connectivity index (χ1) is 17.9. The van der Waals surface area contributed by atoms with Gasteiger partial charge in [-0.25, -0.2) is 0 Å². The van der Waals surface area contributed by atoms with Crippen molar-refractivity contribution in [3.8, 4) is 0 Å². The average molecular weight is 503 g/mol. The molecule has 3 heteroatoms. The number of hydrogen-bond acceptors (Lipinski definition) is 3. The van der Waals surface area contributed by atoms with Crippen molar-refractivity contribution < 1.29 is 4.79 Å². The summed E-state index contributed by atoms with van der Waals surface area (Å²) in [5, 5.41) is 8.94. The summed E-state index contributed by atoms with van der Waals surface area (Å²) in [5.74, 6) is 2.08. The molecule has 1 aromatic heterocycles. The van der Waals surface area contributed by atoms with Crippen molar-refractivity contribution in [2.45, 2.75) is 118 Å². The number of carbonyl (C=O) groups is 1. The largest absolute Gasteiger partial charge is 0.304 e. The number of nitrogens with zero attached hydrogens (tertiary/aromatic N) is 1. The number of Topliss-reactive ketones (excluding diaryl/α,β-unsaturated/α-hetero) is 1. The van der Waals surface area contributed by atoms with Crippen LogP contribution in [0.25, 0.3) is 0 Å². The van der Waals surface area contributed by atoms with E-state index in [1.165, 1.54) is 48.8 Å². The van der Waals surface area contributed by atoms with Crippen LogP contribution in [0.1, 0.15) is 119 Å². The number of rotatable bonds is 14. The number of ketones is 1. The minimum Gasteiger partial charge on any atom is -0.304 e. The second-order valence-electron chi connectivity index (χ2n) is 11.7. The van der Waals surface area contributed by atoms with Crippen molar-refractivity contribution in [1.82, 2.24) is 4.98 Å². The highest BCUT2D eigenvalue weighted by molar-refractivity contribution is 6.01. The first-order valence-electron chi connectivity index (χ1n) is 15.0. The molecule has 2 aromatic rings. The lowest BCUT2D eigenvalue weighted by Gasteiger charge is -2.20. The number of aryl methyl sites for hydroxylation is 3. The molecule has 37 heavy (non-hydrogen) atoms. The zero-order valence-corrected chi connectivity index (χ0v) is 24.0. The Balaban J connectivity index is 1.40. The Morgan fingerprint density at radius 3 is 2.54 bits per heavy atom. The molecule has 3 nitrogen and oxygen atoms in total. The van der Waals surface area contributed by atoms with Crippen LogP contribution >= 0.6 is 0 Å². The maximum Gasteiger partial charge on any atom is 0.133 e. The summed E-state index contributed by atoms with van der Waals surface area (Å²) in [4.78, 5) is 17.2. The van der Waals surface area contributed by atoms with Gasteiger partial charge in [-0.15, -0.1) is 0 Å². The van der Waals surface area contributed by atoms with Crippen LogP contribution in [0, 0.1) is 37.0 Å². The van der Waals surface area contributed by atoms with E-state index < -0.39 is 0 Å². The highest BCUT2D eigenvalue weighted by Crippen LogP contribution is 2.32. The minimum atomic E-state index is 0.302. The molecule has 0 bridgehead atoms. The Morgan fingerprint density at radius 1 is 1.00 bits per heavy atom. The standard InChI is InChI=1S/C34H50N2O/c1-5-10-31(34(35)33-18-15-25(3)21-30(33)6-2)13-7-8-14-32(37)24-28-12-9-11-27(16-17-28)23-29-19-20-36-26(4)22-29/h15,18-22,27-28,31,35H,5-14,16-17,23-24H2,1-4H3. The molecule has 1 fully saturated rings. The van der Waals surface area contributed by atoms with Gasteiger partial charge < -0.3 is 5.41 Å². The van der Waals surface area contributed by atoms with Gasteiger partial charge in [0.2, 0.25) is 0 Å². The molecule has 1 heterocycles. The van der Waals surface area contributed by atoms with Gasteiger partial charge in [-0.1, -0.05) is 69.7 Å². The van der Waals surface area contributed by atoms with E-state index >= 15 is 0 Å². The second kappa shape index (κ2) is 15.2. The Hall–Kier alpha value is -2.29. The number of nitrogens with one attached hydrogen (secondary N) is 1. The summed E-state index contributed by atoms with van der Waals surface area (Å²) in [5.41, 5.74) is 7.02. The summed E-state index contributed by atoms with van der Waals surface area (Å²) in [6, 6.07) is 10.9. The van der Waals surface area contributed by atoms with Crippen molar-refractivity contribution in [2.75, 3.05) is 0 Å². The third-order valence-electron chi connectivity index (χ3n) is 8.45. The number of carbonyl (C=O) groups excluding carboxylic acids is 1. The average Bonchev–Trinajstić information content (AvgIpc) is 3.10. The number of hydrogen-bond donors (Lipinski definition) is 1. The van der Waals surface area contributed by atoms with Crippen molar-refractivity contribution in [3.63, 3.8) is 0 Å². The predicted molar refractivity (Wildman–Crippen MR) is 157 cm³/mol. The maximum atomic E-state index is 12.8. The number of unbranched alkanes of at least 4 members (excludes halogenated alkanes) is 1. The van der Waals surface area contributed by atoms with Gasteiger partial charge in [0.25, 0.3) is 0 Å². The fraction of sp³-hybridized carbons (Fsp3) is 0.618.